The van der Waals surface area contributed by atoms with Crippen LogP contribution in [-0.4, -0.2) is 72.7 Å². The molecule has 222 valence electrons. The van der Waals surface area contributed by atoms with E-state index >= 15 is 0 Å². The smallest absolute Gasteiger partial charge is 0.303 e. The predicted molar refractivity (Wildman–Crippen MR) is 148 cm³/mol. The molecule has 0 bridgehead atoms. The third-order valence-corrected chi connectivity index (χ3v) is 7.94. The minimum atomic E-state index is -0.847. The number of hydrogen-bond donors (Lipinski definition) is 2. The lowest BCUT2D eigenvalue weighted by atomic mass is 9.98. The molecule has 0 saturated carbocycles. The first kappa shape index (κ1) is 29.6. The van der Waals surface area contributed by atoms with Crippen molar-refractivity contribution < 1.29 is 38.4 Å². The van der Waals surface area contributed by atoms with Crippen molar-refractivity contribution in [2.24, 2.45) is 0 Å². The van der Waals surface area contributed by atoms with E-state index in [-0.39, 0.29) is 24.7 Å². The Hall–Kier alpha value is -2.86. The number of benzene rings is 2. The van der Waals surface area contributed by atoms with E-state index in [2.05, 4.69) is 10.2 Å². The molecule has 3 aliphatic heterocycles. The molecule has 1 spiro atoms. The van der Waals surface area contributed by atoms with Crippen LogP contribution in [0.1, 0.15) is 67.8 Å². The lowest BCUT2D eigenvalue weighted by Gasteiger charge is -2.41. The number of rotatable bonds is 9. The van der Waals surface area contributed by atoms with E-state index in [1.54, 1.807) is 6.92 Å². The number of aliphatic hydroxyl groups excluding tert-OH is 1. The number of hydrogen-bond acceptors (Lipinski definition) is 9. The van der Waals surface area contributed by atoms with Gasteiger partial charge in [0.2, 0.25) is 0 Å². The zero-order valence-corrected chi connectivity index (χ0v) is 23.8. The highest BCUT2D eigenvalue weighted by Crippen LogP contribution is 2.39. The number of amides is 1. The second kappa shape index (κ2) is 13.4. The van der Waals surface area contributed by atoms with E-state index in [1.807, 2.05) is 48.5 Å². The van der Waals surface area contributed by atoms with Gasteiger partial charge in [0.25, 0.3) is 5.91 Å². The highest BCUT2D eigenvalue weighted by molar-refractivity contribution is 5.82. The number of nitrogens with zero attached hydrogens (tertiary/aromatic N) is 1. The number of aliphatic hydroxyl groups is 1. The Bertz CT molecular complexity index is 1160. The average molecular weight is 569 g/mol. The number of carbonyl (C=O) groups is 2. The molecular weight excluding hydrogens is 528 g/mol. The molecule has 2 aromatic carbocycles. The van der Waals surface area contributed by atoms with Crippen molar-refractivity contribution in [1.82, 2.24) is 10.2 Å². The van der Waals surface area contributed by atoms with Crippen LogP contribution < -0.4 is 5.32 Å². The fraction of sp³-hybridized carbons (Fsp3) is 0.548. The molecule has 1 amide bonds. The van der Waals surface area contributed by atoms with Crippen molar-refractivity contribution in [3.63, 3.8) is 0 Å². The molecule has 3 fully saturated rings. The molecule has 10 nitrogen and oxygen atoms in total. The molecule has 0 aliphatic carbocycles. The lowest BCUT2D eigenvalue weighted by Crippen LogP contribution is -2.48. The van der Waals surface area contributed by atoms with Crippen molar-refractivity contribution in [2.45, 2.75) is 76.7 Å². The molecule has 4 atom stereocenters. The minimum Gasteiger partial charge on any atom is -0.453 e. The van der Waals surface area contributed by atoms with Crippen molar-refractivity contribution in [2.75, 3.05) is 32.8 Å². The Balaban J connectivity index is 1.24. The van der Waals surface area contributed by atoms with Gasteiger partial charge < -0.3 is 39.0 Å². The summed E-state index contributed by atoms with van der Waals surface area (Å²) in [5.74, 6) is -1.26. The van der Waals surface area contributed by atoms with E-state index in [9.17, 15) is 14.7 Å². The van der Waals surface area contributed by atoms with Gasteiger partial charge in [-0.3, -0.25) is 9.59 Å². The van der Waals surface area contributed by atoms with Crippen LogP contribution in [0, 0.1) is 0 Å². The van der Waals surface area contributed by atoms with E-state index in [0.29, 0.717) is 26.2 Å². The Kier molecular flexibility index (Phi) is 9.69. The molecule has 3 aliphatic rings. The first-order valence-electron chi connectivity index (χ1n) is 14.4. The van der Waals surface area contributed by atoms with Gasteiger partial charge in [0.1, 0.15) is 0 Å². The van der Waals surface area contributed by atoms with Crippen LogP contribution in [0.5, 0.6) is 0 Å². The quantitative estimate of drug-likeness (QED) is 0.440. The Morgan fingerprint density at radius 1 is 1.00 bits per heavy atom. The minimum absolute atomic E-state index is 0.000484. The number of ether oxygens (including phenoxy) is 5. The monoisotopic (exact) mass is 568 g/mol. The lowest BCUT2D eigenvalue weighted by molar-refractivity contribution is -0.255. The van der Waals surface area contributed by atoms with Crippen molar-refractivity contribution in [3.05, 3.63) is 70.8 Å². The van der Waals surface area contributed by atoms with Gasteiger partial charge in [-0.25, -0.2) is 0 Å². The summed E-state index contributed by atoms with van der Waals surface area (Å²) < 4.78 is 29.7. The van der Waals surface area contributed by atoms with E-state index in [1.165, 1.54) is 6.92 Å². The molecular formula is C31H40N2O8. The molecule has 2 aromatic rings. The molecule has 10 heteroatoms. The van der Waals surface area contributed by atoms with Gasteiger partial charge in [0.05, 0.1) is 32.0 Å². The van der Waals surface area contributed by atoms with Crippen LogP contribution in [0.3, 0.4) is 0 Å². The third-order valence-electron chi connectivity index (χ3n) is 7.94. The first-order chi connectivity index (χ1) is 19.8. The van der Waals surface area contributed by atoms with Crippen LogP contribution in [0.4, 0.5) is 0 Å². The summed E-state index contributed by atoms with van der Waals surface area (Å²) in [6.45, 7) is 7.02. The topological polar surface area (TPSA) is 116 Å². The summed E-state index contributed by atoms with van der Waals surface area (Å²) in [7, 11) is 0. The van der Waals surface area contributed by atoms with Crippen molar-refractivity contribution in [1.29, 1.82) is 0 Å². The Morgan fingerprint density at radius 3 is 2.27 bits per heavy atom. The van der Waals surface area contributed by atoms with Gasteiger partial charge in [-0.05, 0) is 23.6 Å². The fourth-order valence-corrected chi connectivity index (χ4v) is 5.61. The maximum absolute atomic E-state index is 12.2. The average Bonchev–Trinajstić information content (AvgIpc) is 3.45. The summed E-state index contributed by atoms with van der Waals surface area (Å²) in [5, 5.41) is 12.3. The van der Waals surface area contributed by atoms with Crippen molar-refractivity contribution in [3.8, 4) is 0 Å². The number of likely N-dealkylation sites (tertiary alicyclic amines) is 1. The Morgan fingerprint density at radius 2 is 1.63 bits per heavy atom. The van der Waals surface area contributed by atoms with Crippen LogP contribution in [0.15, 0.2) is 48.5 Å². The first-order valence-corrected chi connectivity index (χ1v) is 14.4. The van der Waals surface area contributed by atoms with Gasteiger partial charge in [-0.2, -0.15) is 0 Å². The van der Waals surface area contributed by atoms with Crippen molar-refractivity contribution >= 4 is 11.9 Å². The van der Waals surface area contributed by atoms with Gasteiger partial charge in [0, 0.05) is 57.9 Å². The molecule has 41 heavy (non-hydrogen) atoms. The maximum Gasteiger partial charge on any atom is 0.303 e. The SMILES string of the molecule is CC(=O)O[C@@H](C)C(=O)NCc1ccc([C@@H]2O[C@H](CN3CCC4(CC3)OCCO4)C[C@H](c3ccc(CO)cc3)O2)cc1. The highest BCUT2D eigenvalue weighted by Gasteiger charge is 2.41. The second-order valence-corrected chi connectivity index (χ2v) is 11.0. The van der Waals surface area contributed by atoms with Gasteiger partial charge >= 0.3 is 5.97 Å². The number of carbonyl (C=O) groups excluding carboxylic acids is 2. The maximum atomic E-state index is 12.2. The zero-order chi connectivity index (χ0) is 28.8. The van der Waals surface area contributed by atoms with Crippen LogP contribution >= 0.6 is 0 Å². The summed E-state index contributed by atoms with van der Waals surface area (Å²) >= 11 is 0. The predicted octanol–water partition coefficient (Wildman–Crippen LogP) is 3.13. The van der Waals surface area contributed by atoms with E-state index in [0.717, 1.165) is 54.7 Å². The molecule has 3 heterocycles. The zero-order valence-electron chi connectivity index (χ0n) is 23.8. The molecule has 5 rings (SSSR count). The standard InChI is InChI=1S/C31H40N2O8/c1-21(39-22(2)35)29(36)32-18-23-3-9-26(10-4-23)30-40-27(17-28(41-30)25-7-5-24(20-34)6-8-25)19-33-13-11-31(12-14-33)37-15-16-38-31/h3-10,21,27-28,30,34H,11-20H2,1-2H3,(H,32,36)/t21-,27-,28+,30+/m0/s1. The van der Waals surface area contributed by atoms with Crippen LogP contribution in [-0.2, 0) is 46.4 Å². The van der Waals surface area contributed by atoms with Gasteiger partial charge in [-0.15, -0.1) is 0 Å². The molecule has 0 unspecified atom stereocenters. The summed E-state index contributed by atoms with van der Waals surface area (Å²) in [6, 6.07) is 15.6. The number of piperidine rings is 1. The van der Waals surface area contributed by atoms with Gasteiger partial charge in [-0.1, -0.05) is 48.5 Å². The second-order valence-electron chi connectivity index (χ2n) is 11.0. The normalized spacial score (nSPS) is 25.1. The van der Waals surface area contributed by atoms with Crippen LogP contribution in [0.2, 0.25) is 0 Å². The summed E-state index contributed by atoms with van der Waals surface area (Å²) in [5.41, 5.74) is 3.70. The van der Waals surface area contributed by atoms with Gasteiger partial charge in [0.15, 0.2) is 18.2 Å². The molecule has 3 saturated heterocycles. The third kappa shape index (κ3) is 7.71. The van der Waals surface area contributed by atoms with E-state index < -0.39 is 24.2 Å². The van der Waals surface area contributed by atoms with E-state index in [4.69, 9.17) is 23.7 Å². The fourth-order valence-electron chi connectivity index (χ4n) is 5.61. The summed E-state index contributed by atoms with van der Waals surface area (Å²) in [6.07, 6.45) is 0.811. The molecule has 0 aromatic heterocycles. The number of esters is 1. The highest BCUT2D eigenvalue weighted by atomic mass is 16.7. The Labute approximate surface area is 240 Å². The molecule has 2 N–H and O–H groups in total. The largest absolute Gasteiger partial charge is 0.453 e. The molecule has 0 radical (unpaired) electrons. The number of nitrogens with one attached hydrogen (secondary N) is 1. The van der Waals surface area contributed by atoms with Crippen LogP contribution in [0.25, 0.3) is 0 Å². The summed E-state index contributed by atoms with van der Waals surface area (Å²) in [4.78, 5) is 25.7.